The lowest BCUT2D eigenvalue weighted by molar-refractivity contribution is 0.534. The van der Waals surface area contributed by atoms with Crippen LogP contribution in [0.4, 0.5) is 0 Å². The standard InChI is InChI=1S/C14H20N2O2S/c1-3-4-5-12(2)16-19(17,18)14-8-6-13(7-9-14)10-11-15/h6-9,12,16H,3-5,10H2,1-2H3. The smallest absolute Gasteiger partial charge is 0.208 e. The Kier molecular flexibility index (Phi) is 6.00. The van der Waals surface area contributed by atoms with Crippen LogP contribution in [0.15, 0.2) is 29.2 Å². The van der Waals surface area contributed by atoms with Crippen molar-refractivity contribution in [1.82, 2.24) is 4.72 Å². The van der Waals surface area contributed by atoms with Gasteiger partial charge in [0.2, 0.25) is 10.0 Å². The van der Waals surface area contributed by atoms with Crippen molar-refractivity contribution in [3.63, 3.8) is 0 Å². The van der Waals surface area contributed by atoms with Crippen molar-refractivity contribution in [2.45, 2.75) is 50.5 Å². The summed E-state index contributed by atoms with van der Waals surface area (Å²) in [5.74, 6) is 0. The lowest BCUT2D eigenvalue weighted by Gasteiger charge is -2.13. The van der Waals surface area contributed by atoms with Gasteiger partial charge in [-0.3, -0.25) is 0 Å². The van der Waals surface area contributed by atoms with Crippen molar-refractivity contribution < 1.29 is 8.42 Å². The zero-order valence-corrected chi connectivity index (χ0v) is 12.2. The number of benzene rings is 1. The van der Waals surface area contributed by atoms with E-state index < -0.39 is 10.0 Å². The normalized spacial score (nSPS) is 12.9. The van der Waals surface area contributed by atoms with Crippen LogP contribution in [0.25, 0.3) is 0 Å². The molecular formula is C14H20N2O2S. The monoisotopic (exact) mass is 280 g/mol. The summed E-state index contributed by atoms with van der Waals surface area (Å²) in [5, 5.41) is 8.57. The molecule has 1 aromatic rings. The molecule has 1 N–H and O–H groups in total. The second-order valence-corrected chi connectivity index (χ2v) is 6.36. The Morgan fingerprint density at radius 1 is 1.32 bits per heavy atom. The number of nitriles is 1. The molecule has 0 bridgehead atoms. The van der Waals surface area contributed by atoms with Gasteiger partial charge < -0.3 is 0 Å². The molecule has 0 amide bonds. The number of sulfonamides is 1. The van der Waals surface area contributed by atoms with Crippen LogP contribution < -0.4 is 4.72 Å². The predicted octanol–water partition coefficient (Wildman–Crippen LogP) is 2.61. The lowest BCUT2D eigenvalue weighted by atomic mass is 10.2. The van der Waals surface area contributed by atoms with Gasteiger partial charge in [0.1, 0.15) is 0 Å². The molecule has 0 aromatic heterocycles. The molecular weight excluding hydrogens is 260 g/mol. The Morgan fingerprint density at radius 2 is 1.95 bits per heavy atom. The number of rotatable bonds is 7. The SMILES string of the molecule is CCCCC(C)NS(=O)(=O)c1ccc(CC#N)cc1. The first-order valence-electron chi connectivity index (χ1n) is 6.48. The van der Waals surface area contributed by atoms with Gasteiger partial charge in [-0.25, -0.2) is 13.1 Å². The summed E-state index contributed by atoms with van der Waals surface area (Å²) in [6.07, 6.45) is 3.18. The number of nitrogens with one attached hydrogen (secondary N) is 1. The number of nitrogens with zero attached hydrogens (tertiary/aromatic N) is 1. The van der Waals surface area contributed by atoms with Crippen molar-refractivity contribution in [1.29, 1.82) is 5.26 Å². The van der Waals surface area contributed by atoms with Crippen LogP contribution in [0.3, 0.4) is 0 Å². The van der Waals surface area contributed by atoms with E-state index in [0.717, 1.165) is 24.8 Å². The van der Waals surface area contributed by atoms with Crippen molar-refractivity contribution in [3.05, 3.63) is 29.8 Å². The highest BCUT2D eigenvalue weighted by Gasteiger charge is 2.16. The fourth-order valence-corrected chi connectivity index (χ4v) is 3.06. The Morgan fingerprint density at radius 3 is 2.47 bits per heavy atom. The summed E-state index contributed by atoms with van der Waals surface area (Å²) in [7, 11) is -3.45. The van der Waals surface area contributed by atoms with Crippen LogP contribution in [0.1, 0.15) is 38.7 Å². The van der Waals surface area contributed by atoms with Crippen molar-refractivity contribution in [2.75, 3.05) is 0 Å². The highest BCUT2D eigenvalue weighted by atomic mass is 32.2. The molecule has 1 rings (SSSR count). The molecule has 104 valence electrons. The third kappa shape index (κ3) is 5.01. The molecule has 0 aliphatic rings. The third-order valence-corrected chi connectivity index (χ3v) is 4.47. The number of hydrogen-bond donors (Lipinski definition) is 1. The summed E-state index contributed by atoms with van der Waals surface area (Å²) >= 11 is 0. The molecule has 0 aliphatic heterocycles. The van der Waals surface area contributed by atoms with E-state index in [1.54, 1.807) is 24.3 Å². The second kappa shape index (κ2) is 7.27. The topological polar surface area (TPSA) is 70.0 Å². The maximum atomic E-state index is 12.1. The number of unbranched alkanes of at least 4 members (excludes halogenated alkanes) is 1. The zero-order valence-electron chi connectivity index (χ0n) is 11.4. The summed E-state index contributed by atoms with van der Waals surface area (Å²) in [6.45, 7) is 3.95. The third-order valence-electron chi connectivity index (χ3n) is 2.86. The Labute approximate surface area is 115 Å². The molecule has 1 unspecified atom stereocenters. The molecule has 1 atom stereocenters. The lowest BCUT2D eigenvalue weighted by Crippen LogP contribution is -2.32. The molecule has 4 nitrogen and oxygen atoms in total. The van der Waals surface area contributed by atoms with Crippen LogP contribution in [-0.4, -0.2) is 14.5 Å². The van der Waals surface area contributed by atoms with Gasteiger partial charge in [0.25, 0.3) is 0 Å². The molecule has 0 aliphatic carbocycles. The highest BCUT2D eigenvalue weighted by molar-refractivity contribution is 7.89. The molecule has 0 spiro atoms. The van der Waals surface area contributed by atoms with Crippen molar-refractivity contribution >= 4 is 10.0 Å². The van der Waals surface area contributed by atoms with E-state index in [1.807, 2.05) is 13.0 Å². The zero-order chi connectivity index (χ0) is 14.3. The predicted molar refractivity (Wildman–Crippen MR) is 75.1 cm³/mol. The molecule has 0 heterocycles. The minimum atomic E-state index is -3.45. The Hall–Kier alpha value is -1.38. The molecule has 0 saturated heterocycles. The Balaban J connectivity index is 2.74. The van der Waals surface area contributed by atoms with Crippen LogP contribution >= 0.6 is 0 Å². The molecule has 0 fully saturated rings. The first-order chi connectivity index (χ1) is 8.99. The van der Waals surface area contributed by atoms with Gasteiger partial charge in [-0.15, -0.1) is 0 Å². The maximum absolute atomic E-state index is 12.1. The van der Waals surface area contributed by atoms with Gasteiger partial charge in [-0.2, -0.15) is 5.26 Å². The molecule has 0 saturated carbocycles. The fraction of sp³-hybridized carbons (Fsp3) is 0.500. The van der Waals surface area contributed by atoms with Crippen molar-refractivity contribution in [2.24, 2.45) is 0 Å². The van der Waals surface area contributed by atoms with E-state index in [0.29, 0.717) is 6.42 Å². The van der Waals surface area contributed by atoms with Crippen LogP contribution in [0.5, 0.6) is 0 Å². The minimum absolute atomic E-state index is 0.0660. The van der Waals surface area contributed by atoms with E-state index in [9.17, 15) is 8.42 Å². The maximum Gasteiger partial charge on any atom is 0.240 e. The summed E-state index contributed by atoms with van der Waals surface area (Å²) in [4.78, 5) is 0.248. The average molecular weight is 280 g/mol. The van der Waals surface area contributed by atoms with Gasteiger partial charge in [0.15, 0.2) is 0 Å². The number of hydrogen-bond acceptors (Lipinski definition) is 3. The Bertz CT molecular complexity index is 530. The van der Waals surface area contributed by atoms with E-state index in [2.05, 4.69) is 11.6 Å². The van der Waals surface area contributed by atoms with Gasteiger partial charge in [-0.1, -0.05) is 31.9 Å². The average Bonchev–Trinajstić information content (AvgIpc) is 2.37. The quantitative estimate of drug-likeness (QED) is 0.834. The summed E-state index contributed by atoms with van der Waals surface area (Å²) in [5.41, 5.74) is 0.820. The van der Waals surface area contributed by atoms with Gasteiger partial charge in [0, 0.05) is 6.04 Å². The van der Waals surface area contributed by atoms with Gasteiger partial charge in [-0.05, 0) is 31.0 Å². The second-order valence-electron chi connectivity index (χ2n) is 4.64. The van der Waals surface area contributed by atoms with Crippen LogP contribution in [0, 0.1) is 11.3 Å². The molecule has 0 radical (unpaired) electrons. The van der Waals surface area contributed by atoms with E-state index in [4.69, 9.17) is 5.26 Å². The first kappa shape index (κ1) is 15.7. The molecule has 5 heteroatoms. The molecule has 1 aromatic carbocycles. The van der Waals surface area contributed by atoms with Crippen molar-refractivity contribution in [3.8, 4) is 6.07 Å². The van der Waals surface area contributed by atoms with Crippen LogP contribution in [-0.2, 0) is 16.4 Å². The summed E-state index contributed by atoms with van der Waals surface area (Å²) in [6, 6.07) is 8.40. The highest BCUT2D eigenvalue weighted by Crippen LogP contribution is 2.12. The van der Waals surface area contributed by atoms with Gasteiger partial charge in [0.05, 0.1) is 17.4 Å². The summed E-state index contributed by atoms with van der Waals surface area (Å²) < 4.78 is 26.9. The van der Waals surface area contributed by atoms with E-state index in [-0.39, 0.29) is 10.9 Å². The first-order valence-corrected chi connectivity index (χ1v) is 7.96. The fourth-order valence-electron chi connectivity index (χ4n) is 1.78. The van der Waals surface area contributed by atoms with Gasteiger partial charge >= 0.3 is 0 Å². The van der Waals surface area contributed by atoms with E-state index >= 15 is 0 Å². The van der Waals surface area contributed by atoms with Crippen LogP contribution in [0.2, 0.25) is 0 Å². The minimum Gasteiger partial charge on any atom is -0.208 e. The molecule has 19 heavy (non-hydrogen) atoms. The largest absolute Gasteiger partial charge is 0.240 e. The van der Waals surface area contributed by atoms with E-state index in [1.165, 1.54) is 0 Å².